The zero-order chi connectivity index (χ0) is 18.6. The third kappa shape index (κ3) is 4.11. The molecule has 1 fully saturated rings. The summed E-state index contributed by atoms with van der Waals surface area (Å²) >= 11 is 0. The van der Waals surface area contributed by atoms with Crippen molar-refractivity contribution in [3.8, 4) is 5.75 Å². The summed E-state index contributed by atoms with van der Waals surface area (Å²) in [5.74, 6) is 0.352. The highest BCUT2D eigenvalue weighted by Gasteiger charge is 2.22. The lowest BCUT2D eigenvalue weighted by molar-refractivity contribution is 0.109. The van der Waals surface area contributed by atoms with E-state index in [1.807, 2.05) is 30.5 Å². The van der Waals surface area contributed by atoms with Gasteiger partial charge < -0.3 is 14.2 Å². The minimum Gasteiger partial charge on any atom is -0.410 e. The average molecular weight is 367 g/mol. The highest BCUT2D eigenvalue weighted by Crippen LogP contribution is 2.17. The molecule has 0 N–H and O–H groups in total. The topological polar surface area (TPSA) is 37.7 Å². The van der Waals surface area contributed by atoms with Gasteiger partial charge in [-0.05, 0) is 41.8 Å². The van der Waals surface area contributed by atoms with E-state index in [1.165, 1.54) is 6.07 Å². The van der Waals surface area contributed by atoms with E-state index < -0.39 is 0 Å². The van der Waals surface area contributed by atoms with Gasteiger partial charge in [-0.25, -0.2) is 9.18 Å². The van der Waals surface area contributed by atoms with Crippen LogP contribution in [0.2, 0.25) is 0 Å². The predicted molar refractivity (Wildman–Crippen MR) is 102 cm³/mol. The van der Waals surface area contributed by atoms with Crippen LogP contribution >= 0.6 is 0 Å². The van der Waals surface area contributed by atoms with Crippen molar-refractivity contribution in [1.29, 1.82) is 0 Å². The molecule has 1 aliphatic heterocycles. The Balaban J connectivity index is 1.28. The summed E-state index contributed by atoms with van der Waals surface area (Å²) in [6.07, 6.45) is 1.70. The lowest BCUT2D eigenvalue weighted by atomic mass is 10.2. The SMILES string of the molecule is O=C(Oc1ccccc1)N1CCN(CCn2ccc3ccc(F)cc32)CC1. The Bertz CT molecular complexity index is 918. The number of benzene rings is 2. The molecule has 2 heterocycles. The van der Waals surface area contributed by atoms with Crippen molar-refractivity contribution in [2.24, 2.45) is 0 Å². The summed E-state index contributed by atoms with van der Waals surface area (Å²) in [4.78, 5) is 16.3. The molecule has 4 rings (SSSR count). The molecule has 1 amide bonds. The van der Waals surface area contributed by atoms with Gasteiger partial charge in [0.05, 0.1) is 5.52 Å². The lowest BCUT2D eigenvalue weighted by Gasteiger charge is -2.34. The van der Waals surface area contributed by atoms with Crippen molar-refractivity contribution in [2.45, 2.75) is 6.54 Å². The highest BCUT2D eigenvalue weighted by atomic mass is 19.1. The standard InChI is InChI=1S/C21H22FN3O2/c22-18-7-6-17-8-9-24(20(17)16-18)13-10-23-11-14-25(15-12-23)21(26)27-19-4-2-1-3-5-19/h1-9,16H,10-15H2. The van der Waals surface area contributed by atoms with Crippen LogP contribution in [0.3, 0.4) is 0 Å². The van der Waals surface area contributed by atoms with Crippen LogP contribution in [0.1, 0.15) is 0 Å². The summed E-state index contributed by atoms with van der Waals surface area (Å²) in [5.41, 5.74) is 0.917. The monoisotopic (exact) mass is 367 g/mol. The van der Waals surface area contributed by atoms with Crippen LogP contribution in [0.25, 0.3) is 10.9 Å². The summed E-state index contributed by atoms with van der Waals surface area (Å²) in [7, 11) is 0. The quantitative estimate of drug-likeness (QED) is 0.707. The maximum Gasteiger partial charge on any atom is 0.415 e. The molecule has 5 nitrogen and oxygen atoms in total. The van der Waals surface area contributed by atoms with Crippen LogP contribution in [-0.2, 0) is 6.54 Å². The average Bonchev–Trinajstić information content (AvgIpc) is 3.09. The van der Waals surface area contributed by atoms with Crippen LogP contribution < -0.4 is 4.74 Å². The Morgan fingerprint density at radius 1 is 0.963 bits per heavy atom. The second kappa shape index (κ2) is 7.80. The van der Waals surface area contributed by atoms with Crippen molar-refractivity contribution < 1.29 is 13.9 Å². The fourth-order valence-corrected chi connectivity index (χ4v) is 3.41. The first-order valence-corrected chi connectivity index (χ1v) is 9.17. The fourth-order valence-electron chi connectivity index (χ4n) is 3.41. The molecule has 1 aliphatic rings. The molecular weight excluding hydrogens is 345 g/mol. The van der Waals surface area contributed by atoms with Gasteiger partial charge in [0.1, 0.15) is 11.6 Å². The molecule has 3 aromatic rings. The molecule has 6 heteroatoms. The van der Waals surface area contributed by atoms with Crippen molar-refractivity contribution in [2.75, 3.05) is 32.7 Å². The first kappa shape index (κ1) is 17.5. The molecule has 0 bridgehead atoms. The summed E-state index contributed by atoms with van der Waals surface area (Å²) in [6, 6.07) is 16.0. The van der Waals surface area contributed by atoms with Gasteiger partial charge in [-0.1, -0.05) is 18.2 Å². The lowest BCUT2D eigenvalue weighted by Crippen LogP contribution is -2.50. The number of carbonyl (C=O) groups is 1. The summed E-state index contributed by atoms with van der Waals surface area (Å²) in [5, 5.41) is 1.05. The van der Waals surface area contributed by atoms with Crippen LogP contribution in [0, 0.1) is 5.82 Å². The van der Waals surface area contributed by atoms with Gasteiger partial charge in [0, 0.05) is 45.5 Å². The third-order valence-corrected chi connectivity index (χ3v) is 4.97. The number of nitrogens with zero attached hydrogens (tertiary/aromatic N) is 3. The van der Waals surface area contributed by atoms with E-state index in [4.69, 9.17) is 4.74 Å². The van der Waals surface area contributed by atoms with E-state index in [2.05, 4.69) is 9.47 Å². The number of hydrogen-bond acceptors (Lipinski definition) is 3. The zero-order valence-electron chi connectivity index (χ0n) is 15.1. The predicted octanol–water partition coefficient (Wildman–Crippen LogP) is 3.60. The van der Waals surface area contributed by atoms with Crippen molar-refractivity contribution in [3.05, 3.63) is 66.6 Å². The summed E-state index contributed by atoms with van der Waals surface area (Å²) in [6.45, 7) is 4.55. The number of para-hydroxylation sites is 1. The van der Waals surface area contributed by atoms with Gasteiger partial charge in [-0.15, -0.1) is 0 Å². The number of fused-ring (bicyclic) bond motifs is 1. The normalized spacial score (nSPS) is 15.2. The Morgan fingerprint density at radius 3 is 2.52 bits per heavy atom. The van der Waals surface area contributed by atoms with Crippen LogP contribution in [0.4, 0.5) is 9.18 Å². The smallest absolute Gasteiger partial charge is 0.410 e. The molecule has 1 saturated heterocycles. The van der Waals surface area contributed by atoms with Gasteiger partial charge in [-0.2, -0.15) is 0 Å². The molecule has 0 radical (unpaired) electrons. The van der Waals surface area contributed by atoms with Gasteiger partial charge in [0.15, 0.2) is 0 Å². The number of aromatic nitrogens is 1. The van der Waals surface area contributed by atoms with Crippen molar-refractivity contribution >= 4 is 17.0 Å². The van der Waals surface area contributed by atoms with Crippen LogP contribution in [-0.4, -0.2) is 53.2 Å². The first-order valence-electron chi connectivity index (χ1n) is 9.17. The van der Waals surface area contributed by atoms with E-state index in [-0.39, 0.29) is 11.9 Å². The van der Waals surface area contributed by atoms with E-state index in [0.717, 1.165) is 37.1 Å². The molecule has 27 heavy (non-hydrogen) atoms. The van der Waals surface area contributed by atoms with E-state index >= 15 is 0 Å². The molecular formula is C21H22FN3O2. The highest BCUT2D eigenvalue weighted by molar-refractivity contribution is 5.80. The molecule has 0 spiro atoms. The van der Waals surface area contributed by atoms with E-state index in [9.17, 15) is 9.18 Å². The van der Waals surface area contributed by atoms with Crippen LogP contribution in [0.5, 0.6) is 5.75 Å². The fraction of sp³-hybridized carbons (Fsp3) is 0.286. The largest absolute Gasteiger partial charge is 0.415 e. The van der Waals surface area contributed by atoms with Gasteiger partial charge in [0.25, 0.3) is 0 Å². The first-order chi connectivity index (χ1) is 13.2. The Morgan fingerprint density at radius 2 is 1.74 bits per heavy atom. The molecule has 0 saturated carbocycles. The van der Waals surface area contributed by atoms with E-state index in [0.29, 0.717) is 18.8 Å². The number of rotatable bonds is 4. The van der Waals surface area contributed by atoms with Gasteiger partial charge in [0.2, 0.25) is 0 Å². The molecule has 1 aromatic heterocycles. The van der Waals surface area contributed by atoms with Crippen molar-refractivity contribution in [1.82, 2.24) is 14.4 Å². The second-order valence-corrected chi connectivity index (χ2v) is 6.72. The molecule has 2 aromatic carbocycles. The maximum atomic E-state index is 13.5. The van der Waals surface area contributed by atoms with Gasteiger partial charge in [-0.3, -0.25) is 4.90 Å². The third-order valence-electron chi connectivity index (χ3n) is 4.97. The molecule has 0 unspecified atom stereocenters. The maximum absolute atomic E-state index is 13.5. The van der Waals surface area contributed by atoms with Crippen LogP contribution in [0.15, 0.2) is 60.8 Å². The number of amides is 1. The minimum atomic E-state index is -0.298. The Hall–Kier alpha value is -2.86. The minimum absolute atomic E-state index is 0.215. The number of halogens is 1. The molecule has 0 atom stereocenters. The number of piperazine rings is 1. The number of carbonyl (C=O) groups excluding carboxylic acids is 1. The van der Waals surface area contributed by atoms with Gasteiger partial charge >= 0.3 is 6.09 Å². The zero-order valence-corrected chi connectivity index (χ0v) is 15.1. The Labute approximate surface area is 157 Å². The molecule has 0 aliphatic carbocycles. The number of ether oxygens (including phenoxy) is 1. The molecule has 140 valence electrons. The van der Waals surface area contributed by atoms with Crippen molar-refractivity contribution in [3.63, 3.8) is 0 Å². The Kier molecular flexibility index (Phi) is 5.07. The summed E-state index contributed by atoms with van der Waals surface area (Å²) < 4.78 is 21.0. The van der Waals surface area contributed by atoms with E-state index in [1.54, 1.807) is 29.2 Å². The second-order valence-electron chi connectivity index (χ2n) is 6.72. The number of hydrogen-bond donors (Lipinski definition) is 0.